The molecule has 0 aliphatic carbocycles. The molecule has 5 rings (SSSR count). The number of hydrogen-bond acceptors (Lipinski definition) is 5. The van der Waals surface area contributed by atoms with Gasteiger partial charge in [-0.15, -0.1) is 0 Å². The monoisotopic (exact) mass is 627 g/mol. The average Bonchev–Trinajstić information content (AvgIpc) is 3.28. The molecule has 7 nitrogen and oxygen atoms in total. The summed E-state index contributed by atoms with van der Waals surface area (Å²) in [5.41, 5.74) is 1.13. The molecule has 0 spiro atoms. The van der Waals surface area contributed by atoms with Crippen molar-refractivity contribution in [2.75, 3.05) is 25.0 Å². The normalized spacial score (nSPS) is 17.1. The van der Waals surface area contributed by atoms with Gasteiger partial charge >= 0.3 is 6.18 Å². The first-order valence-corrected chi connectivity index (χ1v) is 14.4. The Kier molecular flexibility index (Phi) is 7.42. The van der Waals surface area contributed by atoms with Crippen molar-refractivity contribution in [2.45, 2.75) is 23.9 Å². The summed E-state index contributed by atoms with van der Waals surface area (Å²) in [7, 11) is -3.93. The standard InChI is InChI=1S/C25H22BrClF3N5O2S/c26-20-14-32-35-23(12-22(33-24(20)35)19-5-1-2-6-21(19)27)31-13-16-4-3-11-34(15-16)38(36,37)18-9-7-17(8-10-18)25(28,29)30/h1-2,5-10,12,14,16,31H,3-4,11,13,15H2. The molecule has 1 atom stereocenters. The van der Waals surface area contributed by atoms with Crippen LogP contribution in [0.1, 0.15) is 18.4 Å². The van der Waals surface area contributed by atoms with E-state index in [1.165, 1.54) is 4.31 Å². The molecule has 13 heteroatoms. The number of piperidine rings is 1. The maximum Gasteiger partial charge on any atom is 0.416 e. The molecule has 0 saturated carbocycles. The highest BCUT2D eigenvalue weighted by atomic mass is 79.9. The van der Waals surface area contributed by atoms with Crippen molar-refractivity contribution in [3.8, 4) is 11.3 Å². The minimum Gasteiger partial charge on any atom is -0.370 e. The van der Waals surface area contributed by atoms with Gasteiger partial charge in [-0.1, -0.05) is 29.8 Å². The summed E-state index contributed by atoms with van der Waals surface area (Å²) in [4.78, 5) is 4.54. The average molecular weight is 629 g/mol. The first-order valence-electron chi connectivity index (χ1n) is 11.7. The Morgan fingerprint density at radius 3 is 2.58 bits per heavy atom. The lowest BCUT2D eigenvalue weighted by Gasteiger charge is -2.32. The van der Waals surface area contributed by atoms with Crippen LogP contribution in [0, 0.1) is 5.92 Å². The van der Waals surface area contributed by atoms with Gasteiger partial charge in [0.25, 0.3) is 0 Å². The van der Waals surface area contributed by atoms with Gasteiger partial charge in [-0.05, 0) is 65.0 Å². The van der Waals surface area contributed by atoms with E-state index < -0.39 is 21.8 Å². The molecular formula is C25H22BrClF3N5O2S. The second kappa shape index (κ2) is 10.5. The number of alkyl halides is 3. The summed E-state index contributed by atoms with van der Waals surface area (Å²) >= 11 is 9.88. The zero-order chi connectivity index (χ0) is 27.1. The Morgan fingerprint density at radius 2 is 1.87 bits per heavy atom. The minimum absolute atomic E-state index is 0.0287. The Balaban J connectivity index is 1.35. The van der Waals surface area contributed by atoms with Crippen LogP contribution in [0.15, 0.2) is 70.2 Å². The predicted molar refractivity (Wildman–Crippen MR) is 143 cm³/mol. The zero-order valence-corrected chi connectivity index (χ0v) is 22.9. The molecule has 0 amide bonds. The molecular weight excluding hydrogens is 607 g/mol. The summed E-state index contributed by atoms with van der Waals surface area (Å²) in [5, 5.41) is 8.33. The van der Waals surface area contributed by atoms with E-state index in [0.29, 0.717) is 46.2 Å². The summed E-state index contributed by atoms with van der Waals surface area (Å²) in [6.07, 6.45) is -1.46. The first-order chi connectivity index (χ1) is 18.0. The molecule has 1 saturated heterocycles. The summed E-state index contributed by atoms with van der Waals surface area (Å²) in [5.74, 6) is 0.636. The van der Waals surface area contributed by atoms with Gasteiger partial charge in [0.15, 0.2) is 5.65 Å². The highest BCUT2D eigenvalue weighted by Gasteiger charge is 2.33. The van der Waals surface area contributed by atoms with Crippen molar-refractivity contribution in [3.05, 3.63) is 75.9 Å². The molecule has 1 unspecified atom stereocenters. The van der Waals surface area contributed by atoms with Gasteiger partial charge < -0.3 is 5.32 Å². The van der Waals surface area contributed by atoms with Crippen LogP contribution in [-0.2, 0) is 16.2 Å². The fraction of sp³-hybridized carbons (Fsp3) is 0.280. The Hall–Kier alpha value is -2.67. The third-order valence-electron chi connectivity index (χ3n) is 6.45. The largest absolute Gasteiger partial charge is 0.416 e. The molecule has 1 aliphatic heterocycles. The molecule has 2 aromatic heterocycles. The maximum absolute atomic E-state index is 13.2. The molecule has 1 N–H and O–H groups in total. The lowest BCUT2D eigenvalue weighted by atomic mass is 10.00. The number of rotatable bonds is 6. The number of halogens is 5. The van der Waals surface area contributed by atoms with Gasteiger partial charge in [0.1, 0.15) is 5.82 Å². The number of nitrogens with zero attached hydrogens (tertiary/aromatic N) is 4. The number of nitrogens with one attached hydrogen (secondary N) is 1. The predicted octanol–water partition coefficient (Wildman–Crippen LogP) is 6.34. The Labute approximate surface area is 230 Å². The van der Waals surface area contributed by atoms with Crippen molar-refractivity contribution in [2.24, 2.45) is 5.92 Å². The quantitative estimate of drug-likeness (QED) is 0.270. The highest BCUT2D eigenvalue weighted by Crippen LogP contribution is 2.32. The minimum atomic E-state index is -4.53. The fourth-order valence-electron chi connectivity index (χ4n) is 4.49. The van der Waals surface area contributed by atoms with Crippen LogP contribution >= 0.6 is 27.5 Å². The fourth-order valence-corrected chi connectivity index (χ4v) is 6.63. The van der Waals surface area contributed by atoms with E-state index in [-0.39, 0.29) is 17.4 Å². The molecule has 0 bridgehead atoms. The van der Waals surface area contributed by atoms with Crippen molar-refractivity contribution in [1.82, 2.24) is 18.9 Å². The van der Waals surface area contributed by atoms with Gasteiger partial charge in [0.2, 0.25) is 10.0 Å². The van der Waals surface area contributed by atoms with Gasteiger partial charge in [-0.2, -0.15) is 27.1 Å². The van der Waals surface area contributed by atoms with Gasteiger partial charge in [0.05, 0.1) is 26.8 Å². The van der Waals surface area contributed by atoms with Crippen LogP contribution in [0.5, 0.6) is 0 Å². The molecule has 1 fully saturated rings. The molecule has 38 heavy (non-hydrogen) atoms. The van der Waals surface area contributed by atoms with E-state index in [9.17, 15) is 21.6 Å². The topological polar surface area (TPSA) is 79.6 Å². The van der Waals surface area contributed by atoms with Gasteiger partial charge in [-0.25, -0.2) is 13.4 Å². The molecule has 0 radical (unpaired) electrons. The zero-order valence-electron chi connectivity index (χ0n) is 19.8. The van der Waals surface area contributed by atoms with Gasteiger partial charge in [0, 0.05) is 36.3 Å². The number of anilines is 1. The van der Waals surface area contributed by atoms with Crippen LogP contribution in [0.3, 0.4) is 0 Å². The first kappa shape index (κ1) is 26.9. The summed E-state index contributed by atoms with van der Waals surface area (Å²) in [6.45, 7) is 1.00. The number of benzene rings is 2. The molecule has 4 aromatic rings. The smallest absolute Gasteiger partial charge is 0.370 e. The Morgan fingerprint density at radius 1 is 1.13 bits per heavy atom. The summed E-state index contributed by atoms with van der Waals surface area (Å²) < 4.78 is 68.7. The lowest BCUT2D eigenvalue weighted by Crippen LogP contribution is -2.41. The van der Waals surface area contributed by atoms with Gasteiger partial charge in [-0.3, -0.25) is 0 Å². The number of fused-ring (bicyclic) bond motifs is 1. The van der Waals surface area contributed by atoms with Crippen LogP contribution < -0.4 is 5.32 Å². The maximum atomic E-state index is 13.2. The number of hydrogen-bond donors (Lipinski definition) is 1. The van der Waals surface area contributed by atoms with Crippen LogP contribution in [0.2, 0.25) is 5.02 Å². The lowest BCUT2D eigenvalue weighted by molar-refractivity contribution is -0.137. The molecule has 2 aromatic carbocycles. The van der Waals surface area contributed by atoms with Crippen LogP contribution in [-0.4, -0.2) is 47.0 Å². The molecule has 3 heterocycles. The van der Waals surface area contributed by atoms with Crippen molar-refractivity contribution in [3.63, 3.8) is 0 Å². The molecule has 200 valence electrons. The third kappa shape index (κ3) is 5.40. The van der Waals surface area contributed by atoms with E-state index in [1.54, 1.807) is 16.8 Å². The Bertz CT molecular complexity index is 1580. The van der Waals surface area contributed by atoms with E-state index in [4.69, 9.17) is 16.6 Å². The second-order valence-electron chi connectivity index (χ2n) is 9.01. The van der Waals surface area contributed by atoms with E-state index in [1.807, 2.05) is 24.3 Å². The highest BCUT2D eigenvalue weighted by molar-refractivity contribution is 9.10. The summed E-state index contributed by atoms with van der Waals surface area (Å²) in [6, 6.07) is 12.8. The van der Waals surface area contributed by atoms with Crippen molar-refractivity contribution < 1.29 is 21.6 Å². The third-order valence-corrected chi connectivity index (χ3v) is 9.22. The number of sulfonamides is 1. The second-order valence-corrected chi connectivity index (χ2v) is 12.2. The van der Waals surface area contributed by atoms with E-state index >= 15 is 0 Å². The number of aromatic nitrogens is 3. The van der Waals surface area contributed by atoms with E-state index in [2.05, 4.69) is 26.3 Å². The van der Waals surface area contributed by atoms with Crippen LogP contribution in [0.4, 0.5) is 19.0 Å². The van der Waals surface area contributed by atoms with Crippen LogP contribution in [0.25, 0.3) is 16.9 Å². The van der Waals surface area contributed by atoms with Crippen molar-refractivity contribution in [1.29, 1.82) is 0 Å². The SMILES string of the molecule is O=S(=O)(c1ccc(C(F)(F)F)cc1)N1CCCC(CNc2cc(-c3ccccc3Cl)nc3c(Br)cnn23)C1. The molecule has 1 aliphatic rings. The van der Waals surface area contributed by atoms with Crippen molar-refractivity contribution >= 4 is 49.0 Å². The van der Waals surface area contributed by atoms with E-state index in [0.717, 1.165) is 36.2 Å².